The number of rotatable bonds is 3. The fourth-order valence-corrected chi connectivity index (χ4v) is 2.23. The summed E-state index contributed by atoms with van der Waals surface area (Å²) in [6.07, 6.45) is 2.36. The van der Waals surface area contributed by atoms with Gasteiger partial charge >= 0.3 is 0 Å². The van der Waals surface area contributed by atoms with E-state index < -0.39 is 0 Å². The van der Waals surface area contributed by atoms with Crippen LogP contribution in [0.4, 0.5) is 5.69 Å². The Morgan fingerprint density at radius 1 is 1.38 bits per heavy atom. The zero-order valence-corrected chi connectivity index (χ0v) is 10.5. The highest BCUT2D eigenvalue weighted by atomic mass is 35.5. The minimum atomic E-state index is 0.573. The molecule has 1 fully saturated rings. The number of halogens is 2. The van der Waals surface area contributed by atoms with Crippen molar-refractivity contribution in [3.8, 4) is 0 Å². The largest absolute Gasteiger partial charge is 0.383 e. The first kappa shape index (κ1) is 12.0. The highest BCUT2D eigenvalue weighted by molar-refractivity contribution is 6.43. The number of hydrogen-bond acceptors (Lipinski definition) is 2. The number of hydrogen-bond donors (Lipinski definition) is 1. The third kappa shape index (κ3) is 3.03. The van der Waals surface area contributed by atoms with Crippen LogP contribution in [0.15, 0.2) is 18.2 Å². The van der Waals surface area contributed by atoms with Crippen LogP contribution in [0.5, 0.6) is 0 Å². The van der Waals surface area contributed by atoms with Crippen molar-refractivity contribution in [2.24, 2.45) is 5.92 Å². The second-order valence-corrected chi connectivity index (χ2v) is 4.85. The minimum absolute atomic E-state index is 0.573. The molecule has 4 heteroatoms. The molecule has 16 heavy (non-hydrogen) atoms. The summed E-state index contributed by atoms with van der Waals surface area (Å²) >= 11 is 12.0. The lowest BCUT2D eigenvalue weighted by Crippen LogP contribution is -2.24. The second kappa shape index (κ2) is 5.76. The Labute approximate surface area is 106 Å². The van der Waals surface area contributed by atoms with Gasteiger partial charge in [0.05, 0.1) is 22.3 Å². The minimum Gasteiger partial charge on any atom is -0.383 e. The molecule has 0 bridgehead atoms. The van der Waals surface area contributed by atoms with Gasteiger partial charge in [-0.2, -0.15) is 0 Å². The van der Waals surface area contributed by atoms with E-state index in [-0.39, 0.29) is 0 Å². The van der Waals surface area contributed by atoms with Crippen molar-refractivity contribution < 1.29 is 4.74 Å². The van der Waals surface area contributed by atoms with Crippen LogP contribution in [0.25, 0.3) is 0 Å². The predicted octanol–water partition coefficient (Wildman–Crippen LogP) is 3.83. The van der Waals surface area contributed by atoms with Gasteiger partial charge in [-0.25, -0.2) is 0 Å². The van der Waals surface area contributed by atoms with E-state index in [1.807, 2.05) is 12.1 Å². The number of benzene rings is 1. The lowest BCUT2D eigenvalue weighted by molar-refractivity contribution is 0.0595. The maximum absolute atomic E-state index is 6.09. The molecular weight excluding hydrogens is 245 g/mol. The van der Waals surface area contributed by atoms with E-state index >= 15 is 0 Å². The van der Waals surface area contributed by atoms with Gasteiger partial charge in [-0.05, 0) is 30.9 Å². The highest BCUT2D eigenvalue weighted by Crippen LogP contribution is 2.29. The maximum atomic E-state index is 6.09. The zero-order valence-electron chi connectivity index (χ0n) is 9.01. The highest BCUT2D eigenvalue weighted by Gasteiger charge is 2.14. The Morgan fingerprint density at radius 2 is 2.25 bits per heavy atom. The van der Waals surface area contributed by atoms with Crippen molar-refractivity contribution in [3.05, 3.63) is 28.2 Å². The SMILES string of the molecule is Clc1cccc(NCC2CCCOC2)c1Cl. The summed E-state index contributed by atoms with van der Waals surface area (Å²) in [4.78, 5) is 0. The average molecular weight is 260 g/mol. The van der Waals surface area contributed by atoms with Crippen LogP contribution in [-0.2, 0) is 4.74 Å². The van der Waals surface area contributed by atoms with E-state index in [2.05, 4.69) is 5.32 Å². The zero-order chi connectivity index (χ0) is 11.4. The molecule has 2 nitrogen and oxygen atoms in total. The lowest BCUT2D eigenvalue weighted by Gasteiger charge is -2.23. The van der Waals surface area contributed by atoms with Crippen molar-refractivity contribution >= 4 is 28.9 Å². The van der Waals surface area contributed by atoms with Crippen LogP contribution in [0.1, 0.15) is 12.8 Å². The summed E-state index contributed by atoms with van der Waals surface area (Å²) in [7, 11) is 0. The molecule has 0 amide bonds. The van der Waals surface area contributed by atoms with Crippen molar-refractivity contribution in [2.45, 2.75) is 12.8 Å². The van der Waals surface area contributed by atoms with E-state index in [4.69, 9.17) is 27.9 Å². The van der Waals surface area contributed by atoms with Crippen LogP contribution in [0, 0.1) is 5.92 Å². The molecule has 1 N–H and O–H groups in total. The van der Waals surface area contributed by atoms with E-state index in [1.54, 1.807) is 6.07 Å². The second-order valence-electron chi connectivity index (χ2n) is 4.07. The number of nitrogens with one attached hydrogen (secondary N) is 1. The van der Waals surface area contributed by atoms with E-state index in [9.17, 15) is 0 Å². The van der Waals surface area contributed by atoms with Gasteiger partial charge in [0.25, 0.3) is 0 Å². The topological polar surface area (TPSA) is 21.3 Å². The smallest absolute Gasteiger partial charge is 0.0823 e. The molecule has 1 saturated heterocycles. The Bertz CT molecular complexity index is 351. The summed E-state index contributed by atoms with van der Waals surface area (Å²) in [6.45, 7) is 2.62. The molecule has 1 aliphatic heterocycles. The van der Waals surface area contributed by atoms with Gasteiger partial charge in [-0.3, -0.25) is 0 Å². The van der Waals surface area contributed by atoms with Crippen LogP contribution >= 0.6 is 23.2 Å². The Kier molecular flexibility index (Phi) is 4.33. The first-order valence-corrected chi connectivity index (χ1v) is 6.28. The van der Waals surface area contributed by atoms with Crippen molar-refractivity contribution in [2.75, 3.05) is 25.1 Å². The molecule has 1 aromatic rings. The standard InChI is InChI=1S/C12H15Cl2NO/c13-10-4-1-5-11(12(10)14)15-7-9-3-2-6-16-8-9/h1,4-5,9,15H,2-3,6-8H2. The van der Waals surface area contributed by atoms with Gasteiger partial charge in [-0.15, -0.1) is 0 Å². The third-order valence-electron chi connectivity index (χ3n) is 2.79. The van der Waals surface area contributed by atoms with Gasteiger partial charge in [-0.1, -0.05) is 29.3 Å². The van der Waals surface area contributed by atoms with Gasteiger partial charge in [0, 0.05) is 13.2 Å². The molecule has 0 aliphatic carbocycles. The average Bonchev–Trinajstić information content (AvgIpc) is 2.32. The molecule has 0 spiro atoms. The van der Waals surface area contributed by atoms with Crippen molar-refractivity contribution in [1.82, 2.24) is 0 Å². The van der Waals surface area contributed by atoms with Gasteiger partial charge < -0.3 is 10.1 Å². The molecule has 1 atom stereocenters. The van der Waals surface area contributed by atoms with Gasteiger partial charge in [0.2, 0.25) is 0 Å². The van der Waals surface area contributed by atoms with E-state index in [0.29, 0.717) is 16.0 Å². The predicted molar refractivity (Wildman–Crippen MR) is 68.5 cm³/mol. The molecule has 0 radical (unpaired) electrons. The fraction of sp³-hybridized carbons (Fsp3) is 0.500. The summed E-state index contributed by atoms with van der Waals surface area (Å²) in [5, 5.41) is 4.51. The van der Waals surface area contributed by atoms with Crippen LogP contribution in [0.2, 0.25) is 10.0 Å². The quantitative estimate of drug-likeness (QED) is 0.891. The maximum Gasteiger partial charge on any atom is 0.0823 e. The Balaban J connectivity index is 1.91. The summed E-state index contributed by atoms with van der Waals surface area (Å²) < 4.78 is 5.43. The molecule has 2 rings (SSSR count). The Hall–Kier alpha value is -0.440. The summed E-state index contributed by atoms with van der Waals surface area (Å²) in [6, 6.07) is 5.63. The lowest BCUT2D eigenvalue weighted by atomic mass is 10.0. The molecule has 1 aliphatic rings. The van der Waals surface area contributed by atoms with Crippen molar-refractivity contribution in [3.63, 3.8) is 0 Å². The monoisotopic (exact) mass is 259 g/mol. The molecule has 88 valence electrons. The molecule has 1 aromatic carbocycles. The molecule has 0 aromatic heterocycles. The number of ether oxygens (including phenoxy) is 1. The molecular formula is C12H15Cl2NO. The van der Waals surface area contributed by atoms with Crippen LogP contribution < -0.4 is 5.32 Å². The molecule has 1 heterocycles. The first-order valence-electron chi connectivity index (χ1n) is 5.53. The van der Waals surface area contributed by atoms with Crippen LogP contribution in [0.3, 0.4) is 0 Å². The van der Waals surface area contributed by atoms with Crippen molar-refractivity contribution in [1.29, 1.82) is 0 Å². The Morgan fingerprint density at radius 3 is 3.00 bits per heavy atom. The fourth-order valence-electron chi connectivity index (χ4n) is 1.86. The summed E-state index contributed by atoms with van der Waals surface area (Å²) in [5.74, 6) is 0.573. The molecule has 1 unspecified atom stereocenters. The van der Waals surface area contributed by atoms with Crippen LogP contribution in [-0.4, -0.2) is 19.8 Å². The third-order valence-corrected chi connectivity index (χ3v) is 3.61. The number of anilines is 1. The first-order chi connectivity index (χ1) is 7.77. The summed E-state index contributed by atoms with van der Waals surface area (Å²) in [5.41, 5.74) is 0.903. The van der Waals surface area contributed by atoms with Gasteiger partial charge in [0.15, 0.2) is 0 Å². The van der Waals surface area contributed by atoms with E-state index in [1.165, 1.54) is 6.42 Å². The van der Waals surface area contributed by atoms with E-state index in [0.717, 1.165) is 31.9 Å². The molecule has 0 saturated carbocycles. The van der Waals surface area contributed by atoms with Gasteiger partial charge in [0.1, 0.15) is 0 Å². The normalized spacial score (nSPS) is 20.8.